The minimum atomic E-state index is -0.157. The summed E-state index contributed by atoms with van der Waals surface area (Å²) < 4.78 is 0. The average molecular weight is 371 g/mol. The number of benzene rings is 1. The molecule has 0 spiro atoms. The van der Waals surface area contributed by atoms with Crippen molar-refractivity contribution < 1.29 is 14.4 Å². The van der Waals surface area contributed by atoms with Gasteiger partial charge in [-0.15, -0.1) is 0 Å². The number of carbonyl (C=O) groups is 3. The molecule has 1 N–H and O–H groups in total. The van der Waals surface area contributed by atoms with Crippen molar-refractivity contribution in [3.8, 4) is 0 Å². The van der Waals surface area contributed by atoms with Crippen molar-refractivity contribution >= 4 is 17.7 Å². The Hall–Kier alpha value is -2.37. The zero-order chi connectivity index (χ0) is 19.1. The minimum absolute atomic E-state index is 0.00308. The first-order chi connectivity index (χ1) is 13.1. The summed E-state index contributed by atoms with van der Waals surface area (Å²) in [4.78, 5) is 40.1. The van der Waals surface area contributed by atoms with Crippen LogP contribution < -0.4 is 5.32 Å². The predicted octanol–water partition coefficient (Wildman–Crippen LogP) is 1.60. The highest BCUT2D eigenvalue weighted by atomic mass is 16.2. The molecule has 27 heavy (non-hydrogen) atoms. The highest BCUT2D eigenvalue weighted by molar-refractivity contribution is 5.84. The summed E-state index contributed by atoms with van der Waals surface area (Å²) in [6.07, 6.45) is 4.47. The number of amides is 3. The molecule has 0 aliphatic carbocycles. The van der Waals surface area contributed by atoms with Gasteiger partial charge in [0.2, 0.25) is 17.7 Å². The Morgan fingerprint density at radius 3 is 2.56 bits per heavy atom. The lowest BCUT2D eigenvalue weighted by Crippen LogP contribution is -2.48. The number of nitrogens with one attached hydrogen (secondary N) is 1. The molecule has 6 heteroatoms. The lowest BCUT2D eigenvalue weighted by atomic mass is 9.96. The van der Waals surface area contributed by atoms with Crippen molar-refractivity contribution in [2.45, 2.75) is 38.5 Å². The highest BCUT2D eigenvalue weighted by Gasteiger charge is 2.30. The molecule has 1 aromatic carbocycles. The molecule has 0 saturated carbocycles. The van der Waals surface area contributed by atoms with E-state index in [1.165, 1.54) is 5.56 Å². The van der Waals surface area contributed by atoms with Gasteiger partial charge in [0.05, 0.1) is 5.92 Å². The van der Waals surface area contributed by atoms with Gasteiger partial charge in [-0.25, -0.2) is 0 Å². The number of carbonyl (C=O) groups excluding carboxylic acids is 3. The fourth-order valence-corrected chi connectivity index (χ4v) is 3.81. The van der Waals surface area contributed by atoms with E-state index in [-0.39, 0.29) is 23.6 Å². The first-order valence-electron chi connectivity index (χ1n) is 10.0. The van der Waals surface area contributed by atoms with E-state index >= 15 is 0 Å². The van der Waals surface area contributed by atoms with E-state index in [0.717, 1.165) is 25.8 Å². The van der Waals surface area contributed by atoms with Gasteiger partial charge in [-0.2, -0.15) is 0 Å². The zero-order valence-corrected chi connectivity index (χ0v) is 15.9. The van der Waals surface area contributed by atoms with Crippen LogP contribution in [0.1, 0.15) is 37.7 Å². The van der Waals surface area contributed by atoms with E-state index in [2.05, 4.69) is 17.4 Å². The smallest absolute Gasteiger partial charge is 0.224 e. The van der Waals surface area contributed by atoms with Gasteiger partial charge in [-0.1, -0.05) is 30.3 Å². The van der Waals surface area contributed by atoms with E-state index in [1.807, 2.05) is 28.0 Å². The molecule has 1 aromatic rings. The summed E-state index contributed by atoms with van der Waals surface area (Å²) in [6, 6.07) is 10.1. The van der Waals surface area contributed by atoms with E-state index in [9.17, 15) is 14.4 Å². The quantitative estimate of drug-likeness (QED) is 0.791. The van der Waals surface area contributed by atoms with Crippen LogP contribution in [0, 0.1) is 5.92 Å². The molecule has 0 bridgehead atoms. The van der Waals surface area contributed by atoms with Crippen LogP contribution in [0.2, 0.25) is 0 Å². The zero-order valence-electron chi connectivity index (χ0n) is 15.9. The molecular weight excluding hydrogens is 342 g/mol. The van der Waals surface area contributed by atoms with E-state index in [4.69, 9.17) is 0 Å². The van der Waals surface area contributed by atoms with Crippen LogP contribution >= 0.6 is 0 Å². The average Bonchev–Trinajstić information content (AvgIpc) is 2.69. The molecule has 2 fully saturated rings. The predicted molar refractivity (Wildman–Crippen MR) is 103 cm³/mol. The molecular formula is C21H29N3O3. The molecule has 0 radical (unpaired) electrons. The first-order valence-corrected chi connectivity index (χ1v) is 10.0. The summed E-state index contributed by atoms with van der Waals surface area (Å²) >= 11 is 0. The van der Waals surface area contributed by atoms with Crippen LogP contribution in [0.5, 0.6) is 0 Å². The fourth-order valence-electron chi connectivity index (χ4n) is 3.81. The molecule has 0 aromatic heterocycles. The molecule has 1 atom stereocenters. The number of nitrogens with zero attached hydrogens (tertiary/aromatic N) is 2. The van der Waals surface area contributed by atoms with E-state index < -0.39 is 0 Å². The Morgan fingerprint density at radius 2 is 1.78 bits per heavy atom. The molecule has 3 rings (SSSR count). The minimum Gasteiger partial charge on any atom is -0.354 e. The molecule has 0 unspecified atom stereocenters. The van der Waals surface area contributed by atoms with Gasteiger partial charge in [0.25, 0.3) is 0 Å². The monoisotopic (exact) mass is 371 g/mol. The maximum absolute atomic E-state index is 12.5. The van der Waals surface area contributed by atoms with Gasteiger partial charge in [0.15, 0.2) is 0 Å². The first kappa shape index (κ1) is 19.4. The summed E-state index contributed by atoms with van der Waals surface area (Å²) in [7, 11) is 0. The summed E-state index contributed by atoms with van der Waals surface area (Å²) in [5.74, 6) is 0.159. The third-order valence-corrected chi connectivity index (χ3v) is 5.49. The Labute approximate surface area is 160 Å². The van der Waals surface area contributed by atoms with Crippen LogP contribution in [0.25, 0.3) is 0 Å². The van der Waals surface area contributed by atoms with Gasteiger partial charge < -0.3 is 15.1 Å². The van der Waals surface area contributed by atoms with Crippen molar-refractivity contribution in [2.24, 2.45) is 5.92 Å². The van der Waals surface area contributed by atoms with Crippen molar-refractivity contribution in [1.29, 1.82) is 0 Å². The number of rotatable bonds is 7. The third-order valence-electron chi connectivity index (χ3n) is 5.49. The van der Waals surface area contributed by atoms with Crippen molar-refractivity contribution in [1.82, 2.24) is 15.1 Å². The normalized spacial score (nSPS) is 20.7. The number of likely N-dealkylation sites (tertiary alicyclic amines) is 2. The molecule has 2 saturated heterocycles. The Bertz CT molecular complexity index is 662. The Kier molecular flexibility index (Phi) is 6.85. The third kappa shape index (κ3) is 5.55. The number of hydrogen-bond donors (Lipinski definition) is 1. The van der Waals surface area contributed by atoms with E-state index in [1.54, 1.807) is 0 Å². The van der Waals surface area contributed by atoms with Crippen molar-refractivity contribution in [3.05, 3.63) is 35.9 Å². The topological polar surface area (TPSA) is 69.7 Å². The second-order valence-corrected chi connectivity index (χ2v) is 7.44. The van der Waals surface area contributed by atoms with Crippen LogP contribution in [-0.2, 0) is 20.8 Å². The highest BCUT2D eigenvalue weighted by Crippen LogP contribution is 2.18. The van der Waals surface area contributed by atoms with Crippen LogP contribution in [0.3, 0.4) is 0 Å². The second-order valence-electron chi connectivity index (χ2n) is 7.44. The van der Waals surface area contributed by atoms with Gasteiger partial charge in [0, 0.05) is 45.6 Å². The second kappa shape index (κ2) is 9.53. The van der Waals surface area contributed by atoms with Crippen molar-refractivity contribution in [3.63, 3.8) is 0 Å². The van der Waals surface area contributed by atoms with Gasteiger partial charge >= 0.3 is 0 Å². The molecule has 2 aliphatic rings. The molecule has 2 heterocycles. The Balaban J connectivity index is 1.42. The van der Waals surface area contributed by atoms with Gasteiger partial charge in [0.1, 0.15) is 0 Å². The number of hydrogen-bond acceptors (Lipinski definition) is 3. The maximum atomic E-state index is 12.5. The largest absolute Gasteiger partial charge is 0.354 e. The molecule has 2 aliphatic heterocycles. The maximum Gasteiger partial charge on any atom is 0.224 e. The molecule has 3 amide bonds. The lowest BCUT2D eigenvalue weighted by Gasteiger charge is -2.32. The lowest BCUT2D eigenvalue weighted by molar-refractivity contribution is -0.139. The van der Waals surface area contributed by atoms with Crippen LogP contribution in [-0.4, -0.2) is 60.2 Å². The van der Waals surface area contributed by atoms with Crippen molar-refractivity contribution in [2.75, 3.05) is 32.7 Å². The summed E-state index contributed by atoms with van der Waals surface area (Å²) in [5, 5.41) is 2.96. The van der Waals surface area contributed by atoms with Gasteiger partial charge in [-0.3, -0.25) is 14.4 Å². The molecule has 146 valence electrons. The summed E-state index contributed by atoms with van der Waals surface area (Å²) in [5.41, 5.74) is 1.20. The van der Waals surface area contributed by atoms with Crippen LogP contribution in [0.4, 0.5) is 0 Å². The molecule has 6 nitrogen and oxygen atoms in total. The van der Waals surface area contributed by atoms with Crippen LogP contribution in [0.15, 0.2) is 30.3 Å². The van der Waals surface area contributed by atoms with E-state index in [0.29, 0.717) is 45.4 Å². The SMILES string of the molecule is O=C(NCCN1CCCCC1=O)[C@H]1CCC(=O)N(CCc2ccccc2)C1. The Morgan fingerprint density at radius 1 is 1.00 bits per heavy atom. The summed E-state index contributed by atoms with van der Waals surface area (Å²) in [6.45, 7) is 2.99. The van der Waals surface area contributed by atoms with Gasteiger partial charge in [-0.05, 0) is 31.2 Å². The number of piperidine rings is 2. The fraction of sp³-hybridized carbons (Fsp3) is 0.571. The standard InChI is InChI=1S/C21H29N3O3/c25-19-8-4-5-13-23(19)15-12-22-21(27)18-9-10-20(26)24(16-18)14-11-17-6-2-1-3-7-17/h1-3,6-7,18H,4-5,8-16H2,(H,22,27)/t18-/m0/s1.